The maximum atomic E-state index is 6.11. The van der Waals surface area contributed by atoms with Gasteiger partial charge in [-0.15, -0.1) is 0 Å². The average molecular weight is 691 g/mol. The van der Waals surface area contributed by atoms with Gasteiger partial charge in [-0.25, -0.2) is 15.0 Å². The van der Waals surface area contributed by atoms with E-state index in [0.29, 0.717) is 17.5 Å². The molecule has 0 unspecified atom stereocenters. The molecule has 0 saturated carbocycles. The van der Waals surface area contributed by atoms with Crippen molar-refractivity contribution in [1.29, 1.82) is 0 Å². The van der Waals surface area contributed by atoms with E-state index in [2.05, 4.69) is 156 Å². The average Bonchev–Trinajstić information content (AvgIpc) is 3.79. The summed E-state index contributed by atoms with van der Waals surface area (Å²) in [6.45, 7) is 0. The minimum absolute atomic E-state index is 0.622. The molecule has 0 bridgehead atoms. The third-order valence-electron chi connectivity index (χ3n) is 10.4. The van der Waals surface area contributed by atoms with Crippen LogP contribution in [0.15, 0.2) is 186 Å². The van der Waals surface area contributed by atoms with Crippen molar-refractivity contribution in [2.75, 3.05) is 0 Å². The third kappa shape index (κ3) is 4.90. The summed E-state index contributed by atoms with van der Waals surface area (Å²) >= 11 is 0. The monoisotopic (exact) mass is 690 g/mol. The first kappa shape index (κ1) is 30.3. The molecule has 252 valence electrons. The summed E-state index contributed by atoms with van der Waals surface area (Å²) in [6.07, 6.45) is 0. The molecule has 0 radical (unpaired) electrons. The van der Waals surface area contributed by atoms with Gasteiger partial charge in [-0.3, -0.25) is 0 Å². The van der Waals surface area contributed by atoms with E-state index in [-0.39, 0.29) is 0 Å². The van der Waals surface area contributed by atoms with E-state index in [9.17, 15) is 0 Å². The number of hydrogen-bond acceptors (Lipinski definition) is 4. The van der Waals surface area contributed by atoms with Gasteiger partial charge in [0.15, 0.2) is 17.5 Å². The molecule has 0 N–H and O–H groups in total. The van der Waals surface area contributed by atoms with E-state index in [1.807, 2.05) is 30.3 Å². The number of hydrogen-bond donors (Lipinski definition) is 0. The molecule has 54 heavy (non-hydrogen) atoms. The number of para-hydroxylation sites is 4. The Morgan fingerprint density at radius 1 is 0.370 bits per heavy atom. The van der Waals surface area contributed by atoms with E-state index in [0.717, 1.165) is 82.6 Å². The Bertz CT molecular complexity index is 3220. The van der Waals surface area contributed by atoms with Crippen LogP contribution in [0.5, 0.6) is 0 Å². The zero-order valence-corrected chi connectivity index (χ0v) is 29.0. The molecule has 0 aliphatic carbocycles. The Morgan fingerprint density at radius 3 is 1.83 bits per heavy atom. The van der Waals surface area contributed by atoms with Gasteiger partial charge >= 0.3 is 0 Å². The molecular weight excluding hydrogens is 661 g/mol. The molecule has 11 aromatic rings. The summed E-state index contributed by atoms with van der Waals surface area (Å²) in [6, 6.07) is 63.4. The van der Waals surface area contributed by atoms with Gasteiger partial charge in [0.2, 0.25) is 0 Å². The molecule has 3 aromatic heterocycles. The van der Waals surface area contributed by atoms with Crippen LogP contribution >= 0.6 is 0 Å². The first-order chi connectivity index (χ1) is 26.7. The summed E-state index contributed by atoms with van der Waals surface area (Å²) < 4.78 is 8.44. The number of benzene rings is 8. The van der Waals surface area contributed by atoms with Crippen LogP contribution in [0.3, 0.4) is 0 Å². The highest BCUT2D eigenvalue weighted by atomic mass is 16.3. The summed E-state index contributed by atoms with van der Waals surface area (Å²) in [5.74, 6) is 1.88. The number of furan rings is 1. The van der Waals surface area contributed by atoms with Crippen LogP contribution in [0, 0.1) is 0 Å². The number of rotatable bonds is 5. The van der Waals surface area contributed by atoms with Crippen molar-refractivity contribution in [2.45, 2.75) is 0 Å². The molecule has 0 aliphatic heterocycles. The maximum Gasteiger partial charge on any atom is 0.166 e. The summed E-state index contributed by atoms with van der Waals surface area (Å²) in [7, 11) is 0. The van der Waals surface area contributed by atoms with Gasteiger partial charge in [-0.05, 0) is 76.5 Å². The fourth-order valence-electron chi connectivity index (χ4n) is 7.86. The van der Waals surface area contributed by atoms with Crippen molar-refractivity contribution in [3.63, 3.8) is 0 Å². The second-order valence-electron chi connectivity index (χ2n) is 13.6. The molecule has 5 nitrogen and oxygen atoms in total. The number of nitrogens with zero attached hydrogens (tertiary/aromatic N) is 4. The van der Waals surface area contributed by atoms with Crippen LogP contribution in [0.4, 0.5) is 0 Å². The lowest BCUT2D eigenvalue weighted by atomic mass is 9.98. The lowest BCUT2D eigenvalue weighted by Gasteiger charge is -2.13. The van der Waals surface area contributed by atoms with Crippen molar-refractivity contribution in [3.8, 4) is 51.0 Å². The van der Waals surface area contributed by atoms with Gasteiger partial charge in [0, 0.05) is 43.9 Å². The van der Waals surface area contributed by atoms with Gasteiger partial charge in [0.25, 0.3) is 0 Å². The Kier molecular flexibility index (Phi) is 6.79. The molecular formula is C49H30N4O. The molecule has 0 atom stereocenters. The van der Waals surface area contributed by atoms with Crippen molar-refractivity contribution in [2.24, 2.45) is 0 Å². The normalized spacial score (nSPS) is 11.7. The Balaban J connectivity index is 1.10. The smallest absolute Gasteiger partial charge is 0.166 e. The predicted molar refractivity (Wildman–Crippen MR) is 221 cm³/mol. The van der Waals surface area contributed by atoms with Crippen molar-refractivity contribution < 1.29 is 4.42 Å². The molecule has 0 amide bonds. The van der Waals surface area contributed by atoms with Gasteiger partial charge < -0.3 is 8.98 Å². The standard InChI is InChI=1S/C49H30N4O/c1-3-12-32(13-4-1)47-50-48(52-49(51-47)41-19-11-18-40-38-16-7-9-20-43(38)53(46(40)41)37-14-5-2-6-15-37)35-25-23-31-22-24-33(28-36(31)29-35)34-26-27-45-42(30-34)39-17-8-10-21-44(39)54-45/h1-30H. The fraction of sp³-hybridized carbons (Fsp3) is 0. The molecule has 0 spiro atoms. The second-order valence-corrected chi connectivity index (χ2v) is 13.6. The highest BCUT2D eigenvalue weighted by Crippen LogP contribution is 2.39. The summed E-state index contributed by atoms with van der Waals surface area (Å²) in [5, 5.41) is 6.82. The largest absolute Gasteiger partial charge is 0.456 e. The van der Waals surface area contributed by atoms with Crippen molar-refractivity contribution in [1.82, 2.24) is 19.5 Å². The Labute approximate surface area is 310 Å². The minimum atomic E-state index is 0.622. The van der Waals surface area contributed by atoms with Gasteiger partial charge in [0.05, 0.1) is 11.0 Å². The lowest BCUT2D eigenvalue weighted by molar-refractivity contribution is 0.669. The van der Waals surface area contributed by atoms with Crippen LogP contribution in [0.25, 0.3) is 105 Å². The van der Waals surface area contributed by atoms with Gasteiger partial charge in [-0.2, -0.15) is 0 Å². The minimum Gasteiger partial charge on any atom is -0.456 e. The molecule has 3 heterocycles. The molecule has 0 saturated heterocycles. The van der Waals surface area contributed by atoms with Crippen molar-refractivity contribution >= 4 is 54.5 Å². The molecule has 5 heteroatoms. The zero-order valence-electron chi connectivity index (χ0n) is 29.0. The molecule has 8 aromatic carbocycles. The van der Waals surface area contributed by atoms with E-state index < -0.39 is 0 Å². The quantitative estimate of drug-likeness (QED) is 0.180. The Hall–Kier alpha value is -7.37. The highest BCUT2D eigenvalue weighted by molar-refractivity contribution is 6.13. The van der Waals surface area contributed by atoms with Crippen LogP contribution in [0.2, 0.25) is 0 Å². The summed E-state index contributed by atoms with van der Waals surface area (Å²) in [4.78, 5) is 15.5. The predicted octanol–water partition coefficient (Wildman–Crippen LogP) is 12.7. The fourth-order valence-corrected chi connectivity index (χ4v) is 7.86. The zero-order chi connectivity index (χ0) is 35.6. The van der Waals surface area contributed by atoms with Crippen LogP contribution in [-0.2, 0) is 0 Å². The van der Waals surface area contributed by atoms with Gasteiger partial charge in [-0.1, -0.05) is 127 Å². The second kappa shape index (κ2) is 12.1. The SMILES string of the molecule is c1ccc(-c2nc(-c3ccc4ccc(-c5ccc6oc7ccccc7c6c5)cc4c3)nc(-c3cccc4c5ccccc5n(-c5ccccc5)c34)n2)cc1. The van der Waals surface area contributed by atoms with E-state index in [1.165, 1.54) is 5.39 Å². The summed E-state index contributed by atoms with van der Waals surface area (Å²) in [5.41, 5.74) is 10.1. The van der Waals surface area contributed by atoms with E-state index >= 15 is 0 Å². The first-order valence-corrected chi connectivity index (χ1v) is 18.1. The highest BCUT2D eigenvalue weighted by Gasteiger charge is 2.20. The van der Waals surface area contributed by atoms with Crippen LogP contribution in [-0.4, -0.2) is 19.5 Å². The number of fused-ring (bicyclic) bond motifs is 7. The molecule has 0 aliphatic rings. The Morgan fingerprint density at radius 2 is 0.981 bits per heavy atom. The lowest BCUT2D eigenvalue weighted by Crippen LogP contribution is -2.02. The first-order valence-electron chi connectivity index (χ1n) is 18.1. The molecule has 0 fully saturated rings. The third-order valence-corrected chi connectivity index (χ3v) is 10.4. The van der Waals surface area contributed by atoms with Gasteiger partial charge in [0.1, 0.15) is 11.2 Å². The number of aromatic nitrogens is 4. The maximum absolute atomic E-state index is 6.11. The topological polar surface area (TPSA) is 56.7 Å². The van der Waals surface area contributed by atoms with E-state index in [1.54, 1.807) is 0 Å². The van der Waals surface area contributed by atoms with Crippen LogP contribution < -0.4 is 0 Å². The van der Waals surface area contributed by atoms with Crippen molar-refractivity contribution in [3.05, 3.63) is 182 Å². The molecule has 11 rings (SSSR count). The van der Waals surface area contributed by atoms with E-state index in [4.69, 9.17) is 19.4 Å². The van der Waals surface area contributed by atoms with Crippen LogP contribution in [0.1, 0.15) is 0 Å².